The van der Waals surface area contributed by atoms with Gasteiger partial charge in [0.05, 0.1) is 0 Å². The summed E-state index contributed by atoms with van der Waals surface area (Å²) in [5, 5.41) is 3.27. The molecule has 1 heterocycles. The molecule has 0 amide bonds. The van der Waals surface area contributed by atoms with E-state index in [1.807, 2.05) is 0 Å². The van der Waals surface area contributed by atoms with Gasteiger partial charge in [-0.15, -0.1) is 0 Å². The summed E-state index contributed by atoms with van der Waals surface area (Å²) in [5.41, 5.74) is 3.82. The van der Waals surface area contributed by atoms with Crippen LogP contribution in [0.1, 0.15) is 56.5 Å². The van der Waals surface area contributed by atoms with E-state index in [4.69, 9.17) is 0 Å². The van der Waals surface area contributed by atoms with E-state index in [9.17, 15) is 4.79 Å². The third kappa shape index (κ3) is 2.37. The van der Waals surface area contributed by atoms with E-state index < -0.39 is 0 Å². The zero-order valence-electron chi connectivity index (χ0n) is 11.8. The number of nitrogens with zero attached hydrogens (tertiary/aromatic N) is 1. The minimum atomic E-state index is 0.214. The quantitative estimate of drug-likeness (QED) is 0.868. The number of hydrogen-bond acceptors (Lipinski definition) is 2. The fourth-order valence-corrected chi connectivity index (χ4v) is 2.77. The second-order valence-electron chi connectivity index (χ2n) is 5.21. The third-order valence-corrected chi connectivity index (χ3v) is 3.96. The SMILES string of the molecule is CCNCc1cc2c(n(C(C)CC)c1=O)CCC2. The molecule has 0 aliphatic heterocycles. The van der Waals surface area contributed by atoms with Crippen LogP contribution in [0.25, 0.3) is 0 Å². The molecule has 3 heteroatoms. The molecule has 1 aliphatic carbocycles. The minimum absolute atomic E-state index is 0.214. The predicted molar refractivity (Wildman–Crippen MR) is 75.1 cm³/mol. The van der Waals surface area contributed by atoms with Gasteiger partial charge in [0.25, 0.3) is 5.56 Å². The first-order chi connectivity index (χ1) is 8.69. The molecule has 0 fully saturated rings. The van der Waals surface area contributed by atoms with Gasteiger partial charge in [-0.2, -0.15) is 0 Å². The van der Waals surface area contributed by atoms with Crippen LogP contribution < -0.4 is 10.9 Å². The average Bonchev–Trinajstić information content (AvgIpc) is 2.83. The summed E-state index contributed by atoms with van der Waals surface area (Å²) in [6.45, 7) is 7.96. The van der Waals surface area contributed by atoms with Crippen LogP contribution in [-0.4, -0.2) is 11.1 Å². The van der Waals surface area contributed by atoms with E-state index >= 15 is 0 Å². The lowest BCUT2D eigenvalue weighted by molar-refractivity contribution is 0.491. The van der Waals surface area contributed by atoms with Gasteiger partial charge in [0, 0.05) is 23.8 Å². The van der Waals surface area contributed by atoms with Gasteiger partial charge in [-0.25, -0.2) is 0 Å². The van der Waals surface area contributed by atoms with Gasteiger partial charge in [0.15, 0.2) is 0 Å². The first kappa shape index (κ1) is 13.3. The van der Waals surface area contributed by atoms with Gasteiger partial charge in [0.1, 0.15) is 0 Å². The van der Waals surface area contributed by atoms with Gasteiger partial charge in [-0.1, -0.05) is 13.8 Å². The molecule has 3 nitrogen and oxygen atoms in total. The van der Waals surface area contributed by atoms with Gasteiger partial charge in [0.2, 0.25) is 0 Å². The molecule has 1 atom stereocenters. The fourth-order valence-electron chi connectivity index (χ4n) is 2.77. The van der Waals surface area contributed by atoms with Crippen LogP contribution in [0, 0.1) is 0 Å². The van der Waals surface area contributed by atoms with Crippen molar-refractivity contribution in [3.05, 3.63) is 33.2 Å². The molecule has 1 N–H and O–H groups in total. The van der Waals surface area contributed by atoms with Crippen LogP contribution in [0.2, 0.25) is 0 Å². The summed E-state index contributed by atoms with van der Waals surface area (Å²) in [4.78, 5) is 12.6. The molecule has 100 valence electrons. The highest BCUT2D eigenvalue weighted by atomic mass is 16.1. The van der Waals surface area contributed by atoms with Gasteiger partial charge >= 0.3 is 0 Å². The van der Waals surface area contributed by atoms with E-state index in [0.29, 0.717) is 12.6 Å². The summed E-state index contributed by atoms with van der Waals surface area (Å²) < 4.78 is 2.05. The maximum absolute atomic E-state index is 12.6. The topological polar surface area (TPSA) is 34.0 Å². The molecule has 0 radical (unpaired) electrons. The summed E-state index contributed by atoms with van der Waals surface area (Å²) in [5.74, 6) is 0. The van der Waals surface area contributed by atoms with Crippen molar-refractivity contribution in [2.24, 2.45) is 0 Å². The van der Waals surface area contributed by atoms with E-state index in [-0.39, 0.29) is 5.56 Å². The molecule has 1 aromatic rings. The van der Waals surface area contributed by atoms with Crippen molar-refractivity contribution < 1.29 is 0 Å². The molecular formula is C15H24N2O. The lowest BCUT2D eigenvalue weighted by Gasteiger charge is -2.20. The first-order valence-corrected chi connectivity index (χ1v) is 7.15. The minimum Gasteiger partial charge on any atom is -0.313 e. The Kier molecular flexibility index (Phi) is 4.23. The molecule has 18 heavy (non-hydrogen) atoms. The van der Waals surface area contributed by atoms with E-state index in [1.165, 1.54) is 17.7 Å². The van der Waals surface area contributed by atoms with Crippen molar-refractivity contribution in [1.82, 2.24) is 9.88 Å². The zero-order valence-corrected chi connectivity index (χ0v) is 11.8. The van der Waals surface area contributed by atoms with E-state index in [2.05, 4.69) is 36.7 Å². The van der Waals surface area contributed by atoms with Crippen molar-refractivity contribution in [2.45, 2.75) is 59.0 Å². The molecule has 0 bridgehead atoms. The van der Waals surface area contributed by atoms with E-state index in [0.717, 1.165) is 31.4 Å². The Bertz CT molecular complexity index is 476. The third-order valence-electron chi connectivity index (χ3n) is 3.96. The highest BCUT2D eigenvalue weighted by molar-refractivity contribution is 5.31. The summed E-state index contributed by atoms with van der Waals surface area (Å²) in [6.07, 6.45) is 4.40. The number of fused-ring (bicyclic) bond motifs is 1. The van der Waals surface area contributed by atoms with Gasteiger partial charge in [-0.3, -0.25) is 4.79 Å². The molecule has 1 aromatic heterocycles. The summed E-state index contributed by atoms with van der Waals surface area (Å²) in [7, 11) is 0. The molecule has 2 rings (SSSR count). The molecule has 0 aromatic carbocycles. The lowest BCUT2D eigenvalue weighted by Crippen LogP contribution is -2.31. The Balaban J connectivity index is 2.48. The predicted octanol–water partition coefficient (Wildman–Crippen LogP) is 2.42. The number of rotatable bonds is 5. The van der Waals surface area contributed by atoms with Crippen LogP contribution in [0.5, 0.6) is 0 Å². The van der Waals surface area contributed by atoms with Gasteiger partial charge in [-0.05, 0) is 50.8 Å². The lowest BCUT2D eigenvalue weighted by atomic mass is 10.1. The molecule has 1 aliphatic rings. The highest BCUT2D eigenvalue weighted by Gasteiger charge is 2.20. The van der Waals surface area contributed by atoms with Crippen LogP contribution in [-0.2, 0) is 19.4 Å². The highest BCUT2D eigenvalue weighted by Crippen LogP contribution is 2.24. The number of nitrogens with one attached hydrogen (secondary N) is 1. The maximum Gasteiger partial charge on any atom is 0.255 e. The average molecular weight is 248 g/mol. The van der Waals surface area contributed by atoms with Crippen LogP contribution in [0.3, 0.4) is 0 Å². The summed E-state index contributed by atoms with van der Waals surface area (Å²) in [6, 6.07) is 2.44. The van der Waals surface area contributed by atoms with Gasteiger partial charge < -0.3 is 9.88 Å². The standard InChI is InChI=1S/C15H24N2O/c1-4-11(3)17-14-8-6-7-12(14)9-13(15(17)18)10-16-5-2/h9,11,16H,4-8,10H2,1-3H3. The van der Waals surface area contributed by atoms with Crippen molar-refractivity contribution in [3.8, 4) is 0 Å². The second kappa shape index (κ2) is 5.70. The van der Waals surface area contributed by atoms with Crippen LogP contribution in [0.15, 0.2) is 10.9 Å². The number of hydrogen-bond donors (Lipinski definition) is 1. The van der Waals surface area contributed by atoms with Crippen molar-refractivity contribution in [3.63, 3.8) is 0 Å². The Morgan fingerprint density at radius 2 is 2.17 bits per heavy atom. The van der Waals surface area contributed by atoms with E-state index in [1.54, 1.807) is 0 Å². The first-order valence-electron chi connectivity index (χ1n) is 7.15. The Morgan fingerprint density at radius 3 is 2.83 bits per heavy atom. The largest absolute Gasteiger partial charge is 0.313 e. The Hall–Kier alpha value is -1.09. The molecule has 0 spiro atoms. The van der Waals surface area contributed by atoms with Crippen LogP contribution in [0.4, 0.5) is 0 Å². The molecular weight excluding hydrogens is 224 g/mol. The maximum atomic E-state index is 12.6. The zero-order chi connectivity index (χ0) is 13.1. The second-order valence-corrected chi connectivity index (χ2v) is 5.21. The van der Waals surface area contributed by atoms with Crippen molar-refractivity contribution in [1.29, 1.82) is 0 Å². The Morgan fingerprint density at radius 1 is 1.39 bits per heavy atom. The van der Waals surface area contributed by atoms with Crippen molar-refractivity contribution >= 4 is 0 Å². The van der Waals surface area contributed by atoms with Crippen LogP contribution >= 0.6 is 0 Å². The number of pyridine rings is 1. The fraction of sp³-hybridized carbons (Fsp3) is 0.667. The number of aromatic nitrogens is 1. The normalized spacial score (nSPS) is 15.7. The van der Waals surface area contributed by atoms with Crippen molar-refractivity contribution in [2.75, 3.05) is 6.54 Å². The number of aryl methyl sites for hydroxylation is 1. The summed E-state index contributed by atoms with van der Waals surface area (Å²) >= 11 is 0. The monoisotopic (exact) mass is 248 g/mol. The molecule has 0 saturated carbocycles. The molecule has 0 saturated heterocycles. The Labute approximate surface area is 109 Å². The molecule has 1 unspecified atom stereocenters. The smallest absolute Gasteiger partial charge is 0.255 e.